The zero-order valence-electron chi connectivity index (χ0n) is 8.37. The van der Waals surface area contributed by atoms with Crippen LogP contribution < -0.4 is 20.7 Å². The Kier molecular flexibility index (Phi) is 2.47. The van der Waals surface area contributed by atoms with Crippen molar-refractivity contribution in [1.82, 2.24) is 5.43 Å². The Bertz CT molecular complexity index is 404. The Morgan fingerprint density at radius 3 is 2.80 bits per heavy atom. The van der Waals surface area contributed by atoms with Crippen LogP contribution >= 0.6 is 0 Å². The molecule has 1 aliphatic heterocycles. The van der Waals surface area contributed by atoms with E-state index in [0.717, 1.165) is 16.9 Å². The topological polar surface area (TPSA) is 73.6 Å². The summed E-state index contributed by atoms with van der Waals surface area (Å²) in [7, 11) is 0. The van der Waals surface area contributed by atoms with Gasteiger partial charge in [-0.05, 0) is 30.2 Å². The summed E-state index contributed by atoms with van der Waals surface area (Å²) < 4.78 is 10.4. The molecule has 1 amide bonds. The third-order valence-electron chi connectivity index (χ3n) is 2.34. The van der Waals surface area contributed by atoms with E-state index in [1.54, 1.807) is 0 Å². The molecule has 1 aromatic carbocycles. The molecule has 0 radical (unpaired) electrons. The predicted molar refractivity (Wildman–Crippen MR) is 53.3 cm³/mol. The number of amides is 1. The number of benzene rings is 1. The summed E-state index contributed by atoms with van der Waals surface area (Å²) in [6, 6.07) is 3.67. The molecule has 1 heterocycles. The fourth-order valence-corrected chi connectivity index (χ4v) is 1.50. The second-order valence-corrected chi connectivity index (χ2v) is 3.38. The number of hydrogen-bond acceptors (Lipinski definition) is 4. The summed E-state index contributed by atoms with van der Waals surface area (Å²) in [4.78, 5) is 11.1. The van der Waals surface area contributed by atoms with Crippen LogP contribution in [0.15, 0.2) is 12.1 Å². The van der Waals surface area contributed by atoms with Crippen LogP contribution in [0.5, 0.6) is 11.5 Å². The van der Waals surface area contributed by atoms with Gasteiger partial charge in [0.15, 0.2) is 11.5 Å². The van der Waals surface area contributed by atoms with Gasteiger partial charge in [0.05, 0.1) is 6.42 Å². The van der Waals surface area contributed by atoms with Crippen LogP contribution in [0.1, 0.15) is 11.1 Å². The molecule has 2 rings (SSSR count). The van der Waals surface area contributed by atoms with Gasteiger partial charge in [0, 0.05) is 0 Å². The summed E-state index contributed by atoms with van der Waals surface area (Å²) in [5.74, 6) is 6.21. The minimum atomic E-state index is -0.225. The lowest BCUT2D eigenvalue weighted by Crippen LogP contribution is -2.31. The number of carbonyl (C=O) groups excluding carboxylic acids is 1. The largest absolute Gasteiger partial charge is 0.454 e. The third kappa shape index (κ3) is 1.87. The first-order chi connectivity index (χ1) is 7.20. The van der Waals surface area contributed by atoms with Gasteiger partial charge in [-0.25, -0.2) is 5.84 Å². The van der Waals surface area contributed by atoms with Crippen molar-refractivity contribution < 1.29 is 14.3 Å². The van der Waals surface area contributed by atoms with Gasteiger partial charge in [0.25, 0.3) is 0 Å². The summed E-state index contributed by atoms with van der Waals surface area (Å²) in [5, 5.41) is 0. The maximum absolute atomic E-state index is 11.1. The Balaban J connectivity index is 2.28. The van der Waals surface area contributed by atoms with E-state index in [1.807, 2.05) is 19.1 Å². The van der Waals surface area contributed by atoms with Crippen LogP contribution in [-0.2, 0) is 11.2 Å². The van der Waals surface area contributed by atoms with Gasteiger partial charge in [0.2, 0.25) is 12.7 Å². The zero-order valence-corrected chi connectivity index (χ0v) is 8.37. The number of rotatable bonds is 2. The van der Waals surface area contributed by atoms with E-state index in [0.29, 0.717) is 5.75 Å². The van der Waals surface area contributed by atoms with Gasteiger partial charge in [-0.2, -0.15) is 0 Å². The minimum absolute atomic E-state index is 0.225. The Labute approximate surface area is 87.1 Å². The van der Waals surface area contributed by atoms with Crippen LogP contribution in [0, 0.1) is 6.92 Å². The molecule has 0 bridgehead atoms. The van der Waals surface area contributed by atoms with Crippen molar-refractivity contribution in [2.75, 3.05) is 6.79 Å². The fraction of sp³-hybridized carbons (Fsp3) is 0.300. The molecule has 15 heavy (non-hydrogen) atoms. The highest BCUT2D eigenvalue weighted by Gasteiger charge is 2.16. The molecule has 0 atom stereocenters. The van der Waals surface area contributed by atoms with Gasteiger partial charge in [-0.3, -0.25) is 10.2 Å². The van der Waals surface area contributed by atoms with Crippen molar-refractivity contribution in [3.8, 4) is 11.5 Å². The number of fused-ring (bicyclic) bond motifs is 1. The van der Waals surface area contributed by atoms with Crippen molar-refractivity contribution in [2.45, 2.75) is 13.3 Å². The predicted octanol–water partition coefficient (Wildman–Crippen LogP) is 0.256. The molecule has 1 aromatic rings. The quantitative estimate of drug-likeness (QED) is 0.415. The smallest absolute Gasteiger partial charge is 0.238 e. The molecular formula is C10H12N2O3. The summed E-state index contributed by atoms with van der Waals surface area (Å²) in [6.45, 7) is 2.16. The summed E-state index contributed by atoms with van der Waals surface area (Å²) in [6.07, 6.45) is 0.249. The van der Waals surface area contributed by atoms with E-state index in [9.17, 15) is 4.79 Å². The van der Waals surface area contributed by atoms with Crippen molar-refractivity contribution in [2.24, 2.45) is 5.84 Å². The van der Waals surface area contributed by atoms with Gasteiger partial charge in [-0.1, -0.05) is 0 Å². The molecular weight excluding hydrogens is 196 g/mol. The molecule has 0 fully saturated rings. The lowest BCUT2D eigenvalue weighted by Gasteiger charge is -2.06. The summed E-state index contributed by atoms with van der Waals surface area (Å²) >= 11 is 0. The Morgan fingerprint density at radius 1 is 1.47 bits per heavy atom. The number of carbonyl (C=O) groups is 1. The second kappa shape index (κ2) is 3.78. The molecule has 5 nitrogen and oxygen atoms in total. The first-order valence-electron chi connectivity index (χ1n) is 4.59. The van der Waals surface area contributed by atoms with Crippen molar-refractivity contribution in [3.05, 3.63) is 23.3 Å². The second-order valence-electron chi connectivity index (χ2n) is 3.38. The van der Waals surface area contributed by atoms with Crippen molar-refractivity contribution >= 4 is 5.91 Å². The molecule has 5 heteroatoms. The number of hydrogen-bond donors (Lipinski definition) is 2. The van der Waals surface area contributed by atoms with Gasteiger partial charge < -0.3 is 9.47 Å². The Hall–Kier alpha value is -1.75. The molecule has 1 aliphatic rings. The van der Waals surface area contributed by atoms with Crippen LogP contribution in [-0.4, -0.2) is 12.7 Å². The van der Waals surface area contributed by atoms with Crippen LogP contribution in [0.3, 0.4) is 0 Å². The molecule has 0 aromatic heterocycles. The number of nitrogens with one attached hydrogen (secondary N) is 1. The lowest BCUT2D eigenvalue weighted by molar-refractivity contribution is -0.120. The lowest BCUT2D eigenvalue weighted by atomic mass is 10.0. The molecule has 3 N–H and O–H groups in total. The van der Waals surface area contributed by atoms with Crippen molar-refractivity contribution in [3.63, 3.8) is 0 Å². The monoisotopic (exact) mass is 208 g/mol. The minimum Gasteiger partial charge on any atom is -0.454 e. The van der Waals surface area contributed by atoms with Crippen LogP contribution in [0.25, 0.3) is 0 Å². The van der Waals surface area contributed by atoms with Crippen molar-refractivity contribution in [1.29, 1.82) is 0 Å². The standard InChI is InChI=1S/C10H12N2O3/c1-6-2-8-9(15-5-14-8)3-7(6)4-10(13)12-11/h2-3H,4-5,11H2,1H3,(H,12,13). The normalized spacial score (nSPS) is 12.7. The average molecular weight is 208 g/mol. The zero-order chi connectivity index (χ0) is 10.8. The first-order valence-corrected chi connectivity index (χ1v) is 4.59. The van der Waals surface area contributed by atoms with E-state index < -0.39 is 0 Å². The first kappa shape index (κ1) is 9.79. The molecule has 0 unspecified atom stereocenters. The van der Waals surface area contributed by atoms with E-state index in [2.05, 4.69) is 5.43 Å². The van der Waals surface area contributed by atoms with E-state index in [-0.39, 0.29) is 19.1 Å². The molecule has 0 aliphatic carbocycles. The summed E-state index contributed by atoms with van der Waals surface area (Å²) in [5.41, 5.74) is 3.98. The highest BCUT2D eigenvalue weighted by molar-refractivity contribution is 5.78. The van der Waals surface area contributed by atoms with E-state index in [4.69, 9.17) is 15.3 Å². The number of aryl methyl sites for hydroxylation is 1. The molecule has 0 saturated heterocycles. The van der Waals surface area contributed by atoms with Gasteiger partial charge >= 0.3 is 0 Å². The maximum Gasteiger partial charge on any atom is 0.238 e. The number of ether oxygens (including phenoxy) is 2. The Morgan fingerprint density at radius 2 is 2.13 bits per heavy atom. The molecule has 0 spiro atoms. The highest BCUT2D eigenvalue weighted by Crippen LogP contribution is 2.34. The maximum atomic E-state index is 11.1. The van der Waals surface area contributed by atoms with Gasteiger partial charge in [0.1, 0.15) is 0 Å². The third-order valence-corrected chi connectivity index (χ3v) is 2.34. The molecule has 0 saturated carbocycles. The fourth-order valence-electron chi connectivity index (χ4n) is 1.50. The number of nitrogens with two attached hydrogens (primary N) is 1. The SMILES string of the molecule is Cc1cc2c(cc1CC(=O)NN)OCO2. The van der Waals surface area contributed by atoms with E-state index >= 15 is 0 Å². The average Bonchev–Trinajstić information content (AvgIpc) is 2.65. The highest BCUT2D eigenvalue weighted by atomic mass is 16.7. The van der Waals surface area contributed by atoms with Crippen LogP contribution in [0.4, 0.5) is 0 Å². The van der Waals surface area contributed by atoms with Crippen LogP contribution in [0.2, 0.25) is 0 Å². The van der Waals surface area contributed by atoms with Gasteiger partial charge in [-0.15, -0.1) is 0 Å². The van der Waals surface area contributed by atoms with E-state index in [1.165, 1.54) is 0 Å². The molecule has 80 valence electrons. The number of hydrazine groups is 1.